The highest BCUT2D eigenvalue weighted by atomic mass is 19.3. The van der Waals surface area contributed by atoms with Crippen LogP contribution in [0.2, 0.25) is 0 Å². The van der Waals surface area contributed by atoms with Crippen molar-refractivity contribution >= 4 is 22.6 Å². The summed E-state index contributed by atoms with van der Waals surface area (Å²) < 4.78 is 39.9. The van der Waals surface area contributed by atoms with E-state index in [0.717, 1.165) is 38.4 Å². The Morgan fingerprint density at radius 3 is 2.74 bits per heavy atom. The number of morpholine rings is 1. The van der Waals surface area contributed by atoms with Gasteiger partial charge in [0.1, 0.15) is 12.2 Å². The number of ether oxygens (including phenoxy) is 1. The van der Waals surface area contributed by atoms with Crippen LogP contribution < -0.4 is 5.32 Å². The van der Waals surface area contributed by atoms with Crippen LogP contribution >= 0.6 is 0 Å². The van der Waals surface area contributed by atoms with Gasteiger partial charge in [-0.1, -0.05) is 12.1 Å². The summed E-state index contributed by atoms with van der Waals surface area (Å²) in [5, 5.41) is 7.47. The second-order valence-electron chi connectivity index (χ2n) is 8.45. The number of hydrogen-bond acceptors (Lipinski definition) is 6. The van der Waals surface area contributed by atoms with E-state index in [0.29, 0.717) is 17.1 Å². The number of furan rings is 1. The lowest BCUT2D eigenvalue weighted by atomic mass is 10.1. The topological polar surface area (TPSA) is 85.4 Å². The predicted molar refractivity (Wildman–Crippen MR) is 126 cm³/mol. The van der Waals surface area contributed by atoms with Crippen molar-refractivity contribution in [3.8, 4) is 11.5 Å². The van der Waals surface area contributed by atoms with Crippen molar-refractivity contribution in [2.45, 2.75) is 26.4 Å². The Kier molecular flexibility index (Phi) is 6.56. The molecule has 1 aliphatic heterocycles. The Morgan fingerprint density at radius 1 is 1.17 bits per heavy atom. The molecule has 0 bridgehead atoms. The van der Waals surface area contributed by atoms with Crippen LogP contribution in [0.3, 0.4) is 0 Å². The van der Waals surface area contributed by atoms with E-state index < -0.39 is 6.43 Å². The average molecular weight is 482 g/mol. The lowest BCUT2D eigenvalue weighted by Gasteiger charge is -2.26. The third-order valence-electron chi connectivity index (χ3n) is 5.93. The van der Waals surface area contributed by atoms with Crippen molar-refractivity contribution in [3.63, 3.8) is 0 Å². The molecule has 0 atom stereocenters. The molecule has 182 valence electrons. The molecular formula is C25H25F2N5O3. The molecule has 1 amide bonds. The number of anilines is 1. The van der Waals surface area contributed by atoms with Crippen molar-refractivity contribution < 1.29 is 22.7 Å². The maximum absolute atomic E-state index is 13.9. The van der Waals surface area contributed by atoms with Crippen LogP contribution in [0, 0.1) is 6.92 Å². The molecule has 0 spiro atoms. The van der Waals surface area contributed by atoms with Crippen LogP contribution in [0.4, 0.5) is 14.5 Å². The van der Waals surface area contributed by atoms with E-state index in [1.807, 2.05) is 24.3 Å². The number of amides is 1. The molecule has 5 rings (SSSR count). The summed E-state index contributed by atoms with van der Waals surface area (Å²) in [5.41, 5.74) is 2.40. The number of carbonyl (C=O) groups excluding carboxylic acids is 1. The molecule has 10 heteroatoms. The Bertz CT molecular complexity index is 1330. The van der Waals surface area contributed by atoms with Crippen molar-refractivity contribution in [2.24, 2.45) is 0 Å². The van der Waals surface area contributed by atoms with E-state index in [1.54, 1.807) is 19.1 Å². The Labute approximate surface area is 200 Å². The van der Waals surface area contributed by atoms with Gasteiger partial charge in [0.2, 0.25) is 5.91 Å². The molecule has 0 unspecified atom stereocenters. The molecule has 1 N–H and O–H groups in total. The predicted octanol–water partition coefficient (Wildman–Crippen LogP) is 4.41. The summed E-state index contributed by atoms with van der Waals surface area (Å²) in [6, 6.07) is 12.3. The zero-order valence-electron chi connectivity index (χ0n) is 19.2. The molecule has 0 radical (unpaired) electrons. The van der Waals surface area contributed by atoms with Gasteiger partial charge < -0.3 is 14.5 Å². The normalized spacial score (nSPS) is 14.6. The molecule has 1 saturated heterocycles. The first-order valence-corrected chi connectivity index (χ1v) is 11.4. The van der Waals surface area contributed by atoms with Crippen molar-refractivity contribution in [3.05, 3.63) is 65.5 Å². The number of fused-ring (bicyclic) bond motifs is 1. The first-order valence-electron chi connectivity index (χ1n) is 11.4. The minimum absolute atomic E-state index is 0.171. The molecule has 3 aromatic heterocycles. The van der Waals surface area contributed by atoms with E-state index in [1.165, 1.54) is 17.0 Å². The van der Waals surface area contributed by atoms with Gasteiger partial charge in [-0.25, -0.2) is 18.4 Å². The summed E-state index contributed by atoms with van der Waals surface area (Å²) in [4.78, 5) is 19.7. The summed E-state index contributed by atoms with van der Waals surface area (Å²) >= 11 is 0. The molecule has 1 aromatic carbocycles. The number of carbonyl (C=O) groups is 1. The van der Waals surface area contributed by atoms with Crippen LogP contribution in [0.25, 0.3) is 22.5 Å². The first kappa shape index (κ1) is 23.1. The third kappa shape index (κ3) is 5.08. The highest BCUT2D eigenvalue weighted by Gasteiger charge is 2.22. The molecule has 35 heavy (non-hydrogen) atoms. The molecule has 4 heterocycles. The standard InChI is InChI=1S/C25H25F2N5O3/c1-16-23-19(24(26)27)13-20(21-6-3-9-35-21)29-25(23)32(30-16)15-22(33)28-18-5-2-4-17(12-18)14-31-7-10-34-11-8-31/h2-6,9,12-13,24H,7-8,10-11,14-15H2,1H3,(H,28,33). The van der Waals surface area contributed by atoms with E-state index in [-0.39, 0.29) is 34.7 Å². The molecule has 4 aromatic rings. The number of benzene rings is 1. The number of rotatable bonds is 7. The largest absolute Gasteiger partial charge is 0.463 e. The van der Waals surface area contributed by atoms with Crippen LogP contribution in [-0.2, 0) is 22.6 Å². The number of aryl methyl sites for hydroxylation is 1. The molecule has 0 aliphatic carbocycles. The van der Waals surface area contributed by atoms with Gasteiger partial charge in [-0.2, -0.15) is 5.10 Å². The summed E-state index contributed by atoms with van der Waals surface area (Å²) in [5.74, 6) is 0.0301. The molecular weight excluding hydrogens is 456 g/mol. The highest BCUT2D eigenvalue weighted by Crippen LogP contribution is 2.33. The van der Waals surface area contributed by atoms with Crippen LogP contribution in [0.5, 0.6) is 0 Å². The minimum Gasteiger partial charge on any atom is -0.463 e. The maximum atomic E-state index is 13.9. The quantitative estimate of drug-likeness (QED) is 0.421. The number of alkyl halides is 2. The monoisotopic (exact) mass is 481 g/mol. The molecule has 8 nitrogen and oxygen atoms in total. The Hall–Kier alpha value is -3.63. The highest BCUT2D eigenvalue weighted by molar-refractivity contribution is 5.92. The van der Waals surface area contributed by atoms with Gasteiger partial charge in [0.15, 0.2) is 11.4 Å². The molecule has 1 aliphatic rings. The van der Waals surface area contributed by atoms with Gasteiger partial charge in [-0.15, -0.1) is 0 Å². The smallest absolute Gasteiger partial charge is 0.264 e. The lowest BCUT2D eigenvalue weighted by molar-refractivity contribution is -0.116. The fourth-order valence-electron chi connectivity index (χ4n) is 4.32. The Balaban J connectivity index is 1.37. The van der Waals surface area contributed by atoms with Gasteiger partial charge in [0.05, 0.1) is 30.6 Å². The zero-order valence-corrected chi connectivity index (χ0v) is 19.2. The lowest BCUT2D eigenvalue weighted by Crippen LogP contribution is -2.35. The number of nitrogens with one attached hydrogen (secondary N) is 1. The Morgan fingerprint density at radius 2 is 2.00 bits per heavy atom. The number of halogens is 2. The van der Waals surface area contributed by atoms with Crippen molar-refractivity contribution in [1.29, 1.82) is 0 Å². The van der Waals surface area contributed by atoms with E-state index in [9.17, 15) is 13.6 Å². The second-order valence-corrected chi connectivity index (χ2v) is 8.45. The number of pyridine rings is 1. The zero-order chi connectivity index (χ0) is 24.4. The third-order valence-corrected chi connectivity index (χ3v) is 5.93. The summed E-state index contributed by atoms with van der Waals surface area (Å²) in [6.45, 7) is 5.41. The van der Waals surface area contributed by atoms with E-state index in [2.05, 4.69) is 20.3 Å². The summed E-state index contributed by atoms with van der Waals surface area (Å²) in [6.07, 6.45) is -1.28. The van der Waals surface area contributed by atoms with Crippen molar-refractivity contribution in [2.75, 3.05) is 31.6 Å². The van der Waals surface area contributed by atoms with Crippen LogP contribution in [0.1, 0.15) is 23.2 Å². The number of aromatic nitrogens is 3. The first-order chi connectivity index (χ1) is 17.0. The SMILES string of the molecule is Cc1nn(CC(=O)Nc2cccc(CN3CCOCC3)c2)c2nc(-c3ccco3)cc(C(F)F)c12. The molecule has 1 fully saturated rings. The van der Waals surface area contributed by atoms with Crippen LogP contribution in [-0.4, -0.2) is 51.9 Å². The van der Waals surface area contributed by atoms with Gasteiger partial charge in [0, 0.05) is 30.9 Å². The van der Waals surface area contributed by atoms with Gasteiger partial charge in [-0.3, -0.25) is 9.69 Å². The minimum atomic E-state index is -2.73. The molecule has 0 saturated carbocycles. The second kappa shape index (κ2) is 9.93. The van der Waals surface area contributed by atoms with Gasteiger partial charge in [-0.05, 0) is 42.8 Å². The number of hydrogen-bond donors (Lipinski definition) is 1. The van der Waals surface area contributed by atoms with E-state index >= 15 is 0 Å². The fourth-order valence-corrected chi connectivity index (χ4v) is 4.32. The van der Waals surface area contributed by atoms with Gasteiger partial charge >= 0.3 is 0 Å². The van der Waals surface area contributed by atoms with Crippen molar-refractivity contribution in [1.82, 2.24) is 19.7 Å². The fraction of sp³-hybridized carbons (Fsp3) is 0.320. The van der Waals surface area contributed by atoms with Crippen LogP contribution in [0.15, 0.2) is 53.1 Å². The average Bonchev–Trinajstić information content (AvgIpc) is 3.48. The van der Waals surface area contributed by atoms with E-state index in [4.69, 9.17) is 9.15 Å². The maximum Gasteiger partial charge on any atom is 0.264 e. The van der Waals surface area contributed by atoms with Gasteiger partial charge in [0.25, 0.3) is 6.43 Å². The summed E-state index contributed by atoms with van der Waals surface area (Å²) in [7, 11) is 0. The number of nitrogens with zero attached hydrogens (tertiary/aromatic N) is 4.